The molecule has 26 heavy (non-hydrogen) atoms. The molecule has 3 aliphatic carbocycles. The van der Waals surface area contributed by atoms with E-state index in [1.54, 1.807) is 0 Å². The standard InChI is InChI=1S/C20H30N2O4/c1-18(2)12-9-22(14(13(12)18)17(24)25)16(23)15(21)19(3)7-11-5-4-6-20(26,8-11)10-19/h7,12-15,26H,4-6,8-10,21H2,1-3H3,(H,24,25)/t12-,13-,14-,15+,19?,20?/m0/s1. The summed E-state index contributed by atoms with van der Waals surface area (Å²) in [6.45, 7) is 6.55. The number of nitrogens with two attached hydrogens (primary N) is 1. The summed E-state index contributed by atoms with van der Waals surface area (Å²) in [4.78, 5) is 26.5. The summed E-state index contributed by atoms with van der Waals surface area (Å²) in [6, 6.07) is -1.61. The number of aliphatic hydroxyl groups is 1. The van der Waals surface area contributed by atoms with Gasteiger partial charge >= 0.3 is 5.97 Å². The van der Waals surface area contributed by atoms with Gasteiger partial charge < -0.3 is 20.8 Å². The number of piperidine rings is 1. The molecule has 0 radical (unpaired) electrons. The smallest absolute Gasteiger partial charge is 0.326 e. The highest BCUT2D eigenvalue weighted by atomic mass is 16.4. The summed E-state index contributed by atoms with van der Waals surface area (Å²) < 4.78 is 0. The van der Waals surface area contributed by atoms with Crippen LogP contribution in [0.4, 0.5) is 0 Å². The Kier molecular flexibility index (Phi) is 3.68. The molecule has 0 aromatic carbocycles. The molecular weight excluding hydrogens is 332 g/mol. The molecule has 6 atom stereocenters. The van der Waals surface area contributed by atoms with Crippen molar-refractivity contribution in [2.45, 2.75) is 70.6 Å². The van der Waals surface area contributed by atoms with Gasteiger partial charge in [-0.2, -0.15) is 0 Å². The third kappa shape index (κ3) is 2.45. The predicted octanol–water partition coefficient (Wildman–Crippen LogP) is 1.52. The van der Waals surface area contributed by atoms with E-state index in [-0.39, 0.29) is 23.2 Å². The first kappa shape index (κ1) is 18.0. The van der Waals surface area contributed by atoms with Gasteiger partial charge in [0, 0.05) is 17.9 Å². The van der Waals surface area contributed by atoms with E-state index in [1.807, 2.05) is 6.92 Å². The highest BCUT2D eigenvalue weighted by molar-refractivity contribution is 5.89. The van der Waals surface area contributed by atoms with Gasteiger partial charge in [0.05, 0.1) is 11.6 Å². The Hall–Kier alpha value is -1.40. The molecule has 0 aromatic heterocycles. The molecule has 4 rings (SSSR count). The summed E-state index contributed by atoms with van der Waals surface area (Å²) in [7, 11) is 0. The maximum atomic E-state index is 13.2. The Morgan fingerprint density at radius 1 is 1.35 bits per heavy atom. The summed E-state index contributed by atoms with van der Waals surface area (Å²) in [5.74, 6) is -0.979. The minimum atomic E-state index is -0.939. The SMILES string of the molecule is CC1([C@H](N)C(=O)N2C[C@H]3[C@@H]([C@H]2C(=O)O)C3(C)C)C=C2CCCC(O)(C2)C1. The highest BCUT2D eigenvalue weighted by Gasteiger charge is 2.70. The van der Waals surface area contributed by atoms with Crippen molar-refractivity contribution in [3.8, 4) is 0 Å². The van der Waals surface area contributed by atoms with E-state index < -0.39 is 29.1 Å². The Morgan fingerprint density at radius 3 is 2.65 bits per heavy atom. The molecular formula is C20H30N2O4. The Balaban J connectivity index is 1.58. The van der Waals surface area contributed by atoms with Gasteiger partial charge in [-0.25, -0.2) is 4.79 Å². The molecule has 2 saturated carbocycles. The number of rotatable bonds is 3. The fourth-order valence-corrected chi connectivity index (χ4v) is 6.20. The van der Waals surface area contributed by atoms with Crippen LogP contribution >= 0.6 is 0 Å². The van der Waals surface area contributed by atoms with Gasteiger partial charge in [0.2, 0.25) is 5.91 Å². The molecule has 0 aromatic rings. The Bertz CT molecular complexity index is 702. The number of carboxylic acid groups (broad SMARTS) is 1. The minimum Gasteiger partial charge on any atom is -0.480 e. The van der Waals surface area contributed by atoms with Crippen molar-refractivity contribution in [1.82, 2.24) is 4.90 Å². The summed E-state index contributed by atoms with van der Waals surface area (Å²) in [6.07, 6.45) is 5.86. The largest absolute Gasteiger partial charge is 0.480 e. The van der Waals surface area contributed by atoms with Crippen LogP contribution in [0.1, 0.15) is 52.9 Å². The number of aliphatic carboxylic acids is 1. The van der Waals surface area contributed by atoms with Crippen LogP contribution in [-0.4, -0.2) is 51.2 Å². The molecule has 1 amide bonds. The van der Waals surface area contributed by atoms with Gasteiger partial charge in [0.15, 0.2) is 0 Å². The van der Waals surface area contributed by atoms with E-state index in [2.05, 4.69) is 19.9 Å². The molecule has 0 spiro atoms. The van der Waals surface area contributed by atoms with Crippen molar-refractivity contribution < 1.29 is 19.8 Å². The number of hydrogen-bond acceptors (Lipinski definition) is 4. The van der Waals surface area contributed by atoms with Crippen molar-refractivity contribution in [3.63, 3.8) is 0 Å². The zero-order valence-electron chi connectivity index (χ0n) is 15.9. The van der Waals surface area contributed by atoms with E-state index in [4.69, 9.17) is 5.73 Å². The fourth-order valence-electron chi connectivity index (χ4n) is 6.20. The predicted molar refractivity (Wildman–Crippen MR) is 96.1 cm³/mol. The third-order valence-corrected chi connectivity index (χ3v) is 7.66. The lowest BCUT2D eigenvalue weighted by atomic mass is 9.62. The quantitative estimate of drug-likeness (QED) is 0.661. The number of carbonyl (C=O) groups excluding carboxylic acids is 1. The first-order chi connectivity index (χ1) is 12.0. The van der Waals surface area contributed by atoms with E-state index >= 15 is 0 Å². The minimum absolute atomic E-state index is 0.0113. The van der Waals surface area contributed by atoms with Crippen LogP contribution in [0.15, 0.2) is 11.6 Å². The maximum Gasteiger partial charge on any atom is 0.326 e. The van der Waals surface area contributed by atoms with Crippen molar-refractivity contribution in [2.75, 3.05) is 6.54 Å². The average Bonchev–Trinajstić information content (AvgIpc) is 2.90. The van der Waals surface area contributed by atoms with Gasteiger partial charge in [-0.3, -0.25) is 4.79 Å². The number of amides is 1. The Labute approximate surface area is 154 Å². The average molecular weight is 362 g/mol. The van der Waals surface area contributed by atoms with Crippen molar-refractivity contribution in [2.24, 2.45) is 28.4 Å². The van der Waals surface area contributed by atoms with E-state index in [0.717, 1.165) is 19.3 Å². The first-order valence-corrected chi connectivity index (χ1v) is 9.70. The zero-order chi connectivity index (χ0) is 19.1. The van der Waals surface area contributed by atoms with Crippen LogP contribution in [0.25, 0.3) is 0 Å². The van der Waals surface area contributed by atoms with Crippen LogP contribution < -0.4 is 5.73 Å². The molecule has 2 unspecified atom stereocenters. The second-order valence-electron chi connectivity index (χ2n) is 9.94. The number of hydrogen-bond donors (Lipinski definition) is 3. The van der Waals surface area contributed by atoms with Crippen molar-refractivity contribution >= 4 is 11.9 Å². The normalized spacial score (nSPS) is 44.1. The molecule has 2 bridgehead atoms. The molecule has 6 heteroatoms. The second-order valence-corrected chi connectivity index (χ2v) is 9.94. The maximum absolute atomic E-state index is 13.2. The monoisotopic (exact) mass is 362 g/mol. The van der Waals surface area contributed by atoms with Gasteiger partial charge in [0.1, 0.15) is 6.04 Å². The van der Waals surface area contributed by atoms with Crippen molar-refractivity contribution in [1.29, 1.82) is 0 Å². The van der Waals surface area contributed by atoms with Crippen LogP contribution in [0.5, 0.6) is 0 Å². The van der Waals surface area contributed by atoms with Gasteiger partial charge in [-0.15, -0.1) is 0 Å². The number of likely N-dealkylation sites (tertiary alicyclic amines) is 1. The summed E-state index contributed by atoms with van der Waals surface area (Å²) in [5.41, 5.74) is 6.16. The number of carbonyl (C=O) groups is 2. The molecule has 6 nitrogen and oxygen atoms in total. The highest BCUT2D eigenvalue weighted by Crippen LogP contribution is 2.65. The molecule has 144 valence electrons. The number of fused-ring (bicyclic) bond motifs is 3. The topological polar surface area (TPSA) is 104 Å². The van der Waals surface area contributed by atoms with Gasteiger partial charge in [-0.1, -0.05) is 32.4 Å². The van der Waals surface area contributed by atoms with E-state index in [9.17, 15) is 19.8 Å². The summed E-state index contributed by atoms with van der Waals surface area (Å²) in [5, 5.41) is 20.6. The second kappa shape index (κ2) is 5.32. The first-order valence-electron chi connectivity index (χ1n) is 9.70. The molecule has 1 heterocycles. The van der Waals surface area contributed by atoms with Crippen LogP contribution in [0.2, 0.25) is 0 Å². The van der Waals surface area contributed by atoms with Gasteiger partial charge in [-0.05, 0) is 43.4 Å². The van der Waals surface area contributed by atoms with E-state index in [0.29, 0.717) is 19.4 Å². The molecule has 4 N–H and O–H groups in total. The molecule has 1 aliphatic heterocycles. The van der Waals surface area contributed by atoms with Crippen LogP contribution in [0.3, 0.4) is 0 Å². The fraction of sp³-hybridized carbons (Fsp3) is 0.800. The van der Waals surface area contributed by atoms with E-state index in [1.165, 1.54) is 10.5 Å². The third-order valence-electron chi connectivity index (χ3n) is 7.66. The molecule has 1 saturated heterocycles. The number of nitrogens with zero attached hydrogens (tertiary/aromatic N) is 1. The lowest BCUT2D eigenvalue weighted by Crippen LogP contribution is -2.58. The van der Waals surface area contributed by atoms with Crippen LogP contribution in [-0.2, 0) is 9.59 Å². The Morgan fingerprint density at radius 2 is 2.04 bits per heavy atom. The van der Waals surface area contributed by atoms with Crippen LogP contribution in [0, 0.1) is 22.7 Å². The van der Waals surface area contributed by atoms with Gasteiger partial charge in [0.25, 0.3) is 0 Å². The zero-order valence-corrected chi connectivity index (χ0v) is 15.9. The lowest BCUT2D eigenvalue weighted by molar-refractivity contribution is -0.152. The summed E-state index contributed by atoms with van der Waals surface area (Å²) >= 11 is 0. The van der Waals surface area contributed by atoms with Crippen molar-refractivity contribution in [3.05, 3.63) is 11.6 Å². The number of carboxylic acids is 1. The molecule has 3 fully saturated rings. The lowest BCUT2D eigenvalue weighted by Gasteiger charge is -2.47. The molecule has 4 aliphatic rings.